The normalized spacial score (nSPS) is 10.7. The van der Waals surface area contributed by atoms with E-state index < -0.39 is 17.9 Å². The fourth-order valence-corrected chi connectivity index (χ4v) is 1.28. The van der Waals surface area contributed by atoms with Gasteiger partial charge >= 0.3 is 11.9 Å². The van der Waals surface area contributed by atoms with Crippen molar-refractivity contribution in [3.8, 4) is 0 Å². The summed E-state index contributed by atoms with van der Waals surface area (Å²) in [6.45, 7) is 7.80. The molecule has 0 aromatic rings. The molecule has 0 heterocycles. The summed E-state index contributed by atoms with van der Waals surface area (Å²) in [6, 6.07) is 0. The SMILES string of the molecule is CC(=O)O.CCOCCC(C(C)=O)=C(C)C(=O)OC(C)=O. The van der Waals surface area contributed by atoms with E-state index in [-0.39, 0.29) is 11.4 Å². The van der Waals surface area contributed by atoms with Gasteiger partial charge in [0.15, 0.2) is 5.78 Å². The molecule has 120 valence electrons. The Morgan fingerprint density at radius 1 is 1.00 bits per heavy atom. The topological polar surface area (TPSA) is 107 Å². The highest BCUT2D eigenvalue weighted by atomic mass is 16.6. The van der Waals surface area contributed by atoms with Crippen molar-refractivity contribution in [1.29, 1.82) is 0 Å². The molecule has 7 nitrogen and oxygen atoms in total. The van der Waals surface area contributed by atoms with Gasteiger partial charge in [0.2, 0.25) is 0 Å². The van der Waals surface area contributed by atoms with Gasteiger partial charge in [0.1, 0.15) is 0 Å². The quantitative estimate of drug-likeness (QED) is 0.343. The summed E-state index contributed by atoms with van der Waals surface area (Å²) < 4.78 is 9.54. The fraction of sp³-hybridized carbons (Fsp3) is 0.571. The number of rotatable bonds is 6. The van der Waals surface area contributed by atoms with E-state index in [9.17, 15) is 14.4 Å². The lowest BCUT2D eigenvalue weighted by Gasteiger charge is -2.08. The highest BCUT2D eigenvalue weighted by Crippen LogP contribution is 2.12. The number of Topliss-reactive ketones (excluding diaryl/α,β-unsaturated/α-hetero) is 1. The summed E-state index contributed by atoms with van der Waals surface area (Å²) in [5, 5.41) is 7.42. The number of esters is 2. The largest absolute Gasteiger partial charge is 0.481 e. The summed E-state index contributed by atoms with van der Waals surface area (Å²) in [4.78, 5) is 42.4. The summed E-state index contributed by atoms with van der Waals surface area (Å²) in [5.74, 6) is -2.52. The number of aliphatic carboxylic acids is 1. The average Bonchev–Trinajstić information content (AvgIpc) is 2.31. The van der Waals surface area contributed by atoms with Crippen LogP contribution in [0.2, 0.25) is 0 Å². The second-order valence-electron chi connectivity index (χ2n) is 4.01. The monoisotopic (exact) mass is 302 g/mol. The highest BCUT2D eigenvalue weighted by Gasteiger charge is 2.16. The molecule has 0 saturated heterocycles. The van der Waals surface area contributed by atoms with Crippen LogP contribution in [0, 0.1) is 0 Å². The summed E-state index contributed by atoms with van der Waals surface area (Å²) in [7, 11) is 0. The molecule has 0 aliphatic heterocycles. The van der Waals surface area contributed by atoms with Gasteiger partial charge in [-0.05, 0) is 27.2 Å². The van der Waals surface area contributed by atoms with Crippen LogP contribution in [0.3, 0.4) is 0 Å². The maximum atomic E-state index is 11.4. The number of carbonyl (C=O) groups excluding carboxylic acids is 3. The minimum Gasteiger partial charge on any atom is -0.481 e. The maximum absolute atomic E-state index is 11.4. The Bertz CT molecular complexity index is 417. The van der Waals surface area contributed by atoms with Gasteiger partial charge in [-0.25, -0.2) is 4.79 Å². The number of ketones is 1. The Morgan fingerprint density at radius 3 is 1.81 bits per heavy atom. The van der Waals surface area contributed by atoms with E-state index >= 15 is 0 Å². The maximum Gasteiger partial charge on any atom is 0.341 e. The number of ether oxygens (including phenoxy) is 2. The van der Waals surface area contributed by atoms with Crippen molar-refractivity contribution in [2.24, 2.45) is 0 Å². The van der Waals surface area contributed by atoms with E-state index in [0.717, 1.165) is 13.8 Å². The van der Waals surface area contributed by atoms with Crippen LogP contribution in [0.4, 0.5) is 0 Å². The zero-order valence-corrected chi connectivity index (χ0v) is 13.0. The van der Waals surface area contributed by atoms with Crippen molar-refractivity contribution < 1.29 is 33.8 Å². The molecular weight excluding hydrogens is 280 g/mol. The molecule has 0 radical (unpaired) electrons. The third-order valence-corrected chi connectivity index (χ3v) is 2.12. The molecule has 0 aliphatic rings. The summed E-state index contributed by atoms with van der Waals surface area (Å²) >= 11 is 0. The van der Waals surface area contributed by atoms with Crippen LogP contribution in [-0.2, 0) is 28.7 Å². The molecule has 0 saturated carbocycles. The molecule has 0 aromatic carbocycles. The molecule has 0 bridgehead atoms. The molecule has 0 unspecified atom stereocenters. The lowest BCUT2D eigenvalue weighted by molar-refractivity contribution is -0.155. The van der Waals surface area contributed by atoms with Gasteiger partial charge < -0.3 is 14.6 Å². The first-order valence-electron chi connectivity index (χ1n) is 6.34. The molecule has 0 atom stereocenters. The number of carboxylic acid groups (broad SMARTS) is 1. The summed E-state index contributed by atoms with van der Waals surface area (Å²) in [6.07, 6.45) is 0.335. The van der Waals surface area contributed by atoms with E-state index in [1.807, 2.05) is 6.92 Å². The molecule has 7 heteroatoms. The van der Waals surface area contributed by atoms with Crippen LogP contribution in [0.5, 0.6) is 0 Å². The molecule has 1 N–H and O–H groups in total. The average molecular weight is 302 g/mol. The predicted molar refractivity (Wildman–Crippen MR) is 74.6 cm³/mol. The van der Waals surface area contributed by atoms with Crippen molar-refractivity contribution in [2.75, 3.05) is 13.2 Å². The second kappa shape index (κ2) is 11.8. The lowest BCUT2D eigenvalue weighted by atomic mass is 10.0. The van der Waals surface area contributed by atoms with E-state index in [2.05, 4.69) is 4.74 Å². The van der Waals surface area contributed by atoms with Gasteiger partial charge in [0, 0.05) is 31.6 Å². The number of hydrogen-bond donors (Lipinski definition) is 1. The van der Waals surface area contributed by atoms with Gasteiger partial charge in [-0.15, -0.1) is 0 Å². The molecule has 0 rings (SSSR count). The number of carbonyl (C=O) groups is 4. The van der Waals surface area contributed by atoms with Crippen LogP contribution >= 0.6 is 0 Å². The van der Waals surface area contributed by atoms with Crippen molar-refractivity contribution in [2.45, 2.75) is 41.0 Å². The minimum atomic E-state index is -0.833. The van der Waals surface area contributed by atoms with Crippen LogP contribution < -0.4 is 0 Å². The molecule has 0 amide bonds. The van der Waals surface area contributed by atoms with E-state index in [4.69, 9.17) is 14.6 Å². The third-order valence-electron chi connectivity index (χ3n) is 2.12. The van der Waals surface area contributed by atoms with Gasteiger partial charge in [0.05, 0.1) is 6.61 Å². The van der Waals surface area contributed by atoms with Crippen molar-refractivity contribution >= 4 is 23.7 Å². The Balaban J connectivity index is 0. The molecule has 21 heavy (non-hydrogen) atoms. The fourth-order valence-electron chi connectivity index (χ4n) is 1.28. The first-order valence-corrected chi connectivity index (χ1v) is 6.34. The van der Waals surface area contributed by atoms with Gasteiger partial charge in [0.25, 0.3) is 5.97 Å². The third kappa shape index (κ3) is 12.7. The van der Waals surface area contributed by atoms with Crippen LogP contribution in [0.25, 0.3) is 0 Å². The minimum absolute atomic E-state index is 0.160. The first-order chi connectivity index (χ1) is 9.63. The second-order valence-corrected chi connectivity index (χ2v) is 4.01. The van der Waals surface area contributed by atoms with Gasteiger partial charge in [-0.3, -0.25) is 14.4 Å². The van der Waals surface area contributed by atoms with E-state index in [0.29, 0.717) is 25.2 Å². The van der Waals surface area contributed by atoms with Gasteiger partial charge in [-0.1, -0.05) is 0 Å². The van der Waals surface area contributed by atoms with E-state index in [1.165, 1.54) is 13.8 Å². The van der Waals surface area contributed by atoms with E-state index in [1.54, 1.807) is 0 Å². The van der Waals surface area contributed by atoms with Crippen molar-refractivity contribution in [3.63, 3.8) is 0 Å². The molecule has 0 aromatic heterocycles. The molecule has 0 aliphatic carbocycles. The van der Waals surface area contributed by atoms with Crippen molar-refractivity contribution in [3.05, 3.63) is 11.1 Å². The predicted octanol–water partition coefficient (Wildman–Crippen LogP) is 1.50. The Hall–Kier alpha value is -2.02. The first kappa shape index (κ1) is 21.3. The zero-order valence-electron chi connectivity index (χ0n) is 13.0. The number of carboxylic acids is 1. The van der Waals surface area contributed by atoms with Crippen LogP contribution in [0.15, 0.2) is 11.1 Å². The van der Waals surface area contributed by atoms with Gasteiger partial charge in [-0.2, -0.15) is 0 Å². The summed E-state index contributed by atoms with van der Waals surface area (Å²) in [5.41, 5.74) is 0.497. The molecule has 0 fully saturated rings. The smallest absolute Gasteiger partial charge is 0.341 e. The Labute approximate surface area is 123 Å². The Morgan fingerprint density at radius 2 is 1.48 bits per heavy atom. The molecule has 0 spiro atoms. The molecular formula is C14H22O7. The van der Waals surface area contributed by atoms with Crippen LogP contribution in [-0.4, -0.2) is 42.0 Å². The van der Waals surface area contributed by atoms with Crippen LogP contribution in [0.1, 0.15) is 41.0 Å². The lowest BCUT2D eigenvalue weighted by Crippen LogP contribution is -2.15. The Kier molecular flexibility index (Phi) is 11.9. The van der Waals surface area contributed by atoms with Crippen molar-refractivity contribution in [1.82, 2.24) is 0 Å². The highest BCUT2D eigenvalue weighted by molar-refractivity contribution is 6.04. The standard InChI is InChI=1S/C12H18O5.C2H4O2/c1-5-16-7-6-11(9(3)13)8(2)12(15)17-10(4)14;1-2(3)4/h5-7H2,1-4H3;1H3,(H,3,4). The number of hydrogen-bond acceptors (Lipinski definition) is 6. The zero-order chi connectivity index (χ0) is 17.0.